The average Bonchev–Trinajstić information content (AvgIpc) is 2.37. The Morgan fingerprint density at radius 3 is 2.18 bits per heavy atom. The van der Waals surface area contributed by atoms with Crippen LogP contribution < -0.4 is 5.32 Å². The number of nitrogens with zero attached hydrogens (tertiary/aromatic N) is 1. The highest BCUT2D eigenvalue weighted by Gasteiger charge is 2.43. The van der Waals surface area contributed by atoms with Crippen molar-refractivity contribution in [1.82, 2.24) is 10.2 Å². The zero-order valence-corrected chi connectivity index (χ0v) is 13.7. The van der Waals surface area contributed by atoms with Crippen LogP contribution in [0.3, 0.4) is 0 Å². The number of hydrogen-bond donors (Lipinski definition) is 1. The molecule has 0 aromatic rings. The van der Waals surface area contributed by atoms with E-state index in [4.69, 9.17) is 4.74 Å². The Hall–Kier alpha value is -1.47. The van der Waals surface area contributed by atoms with Crippen molar-refractivity contribution in [3.8, 4) is 0 Å². The van der Waals surface area contributed by atoms with Gasteiger partial charge in [0.25, 0.3) is 0 Å². The third kappa shape index (κ3) is 7.51. The third-order valence-electron chi connectivity index (χ3n) is 2.67. The quantitative estimate of drug-likeness (QED) is 0.805. The van der Waals surface area contributed by atoms with Gasteiger partial charge in [-0.3, -0.25) is 4.79 Å². The Morgan fingerprint density at radius 2 is 1.73 bits per heavy atom. The fourth-order valence-corrected chi connectivity index (χ4v) is 1.93. The number of hydrogen-bond acceptors (Lipinski definition) is 3. The summed E-state index contributed by atoms with van der Waals surface area (Å²) in [5, 5.41) is 2.49. The summed E-state index contributed by atoms with van der Waals surface area (Å²) >= 11 is 0. The molecular formula is C14H25F3N2O3. The molecule has 0 bridgehead atoms. The number of likely N-dealkylation sites (tertiary alicyclic amines) is 1. The van der Waals surface area contributed by atoms with Gasteiger partial charge in [-0.05, 0) is 33.6 Å². The van der Waals surface area contributed by atoms with E-state index in [0.717, 1.165) is 0 Å². The summed E-state index contributed by atoms with van der Waals surface area (Å²) < 4.78 is 42.1. The lowest BCUT2D eigenvalue weighted by Gasteiger charge is -2.33. The van der Waals surface area contributed by atoms with Crippen LogP contribution in [0.15, 0.2) is 0 Å². The molecule has 1 aliphatic rings. The van der Waals surface area contributed by atoms with Crippen LogP contribution in [-0.2, 0) is 9.53 Å². The van der Waals surface area contributed by atoms with E-state index < -0.39 is 29.8 Å². The highest BCUT2D eigenvalue weighted by molar-refractivity contribution is 5.82. The summed E-state index contributed by atoms with van der Waals surface area (Å²) in [5.41, 5.74) is -0.680. The van der Waals surface area contributed by atoms with E-state index in [2.05, 4.69) is 5.32 Å². The molecule has 1 atom stereocenters. The number of alkyl halides is 3. The smallest absolute Gasteiger partial charge is 0.444 e. The molecule has 8 heteroatoms. The summed E-state index contributed by atoms with van der Waals surface area (Å²) in [5.74, 6) is -1.87. The van der Waals surface area contributed by atoms with E-state index in [1.807, 2.05) is 13.8 Å². The van der Waals surface area contributed by atoms with Crippen LogP contribution in [0, 0.1) is 0 Å². The van der Waals surface area contributed by atoms with Crippen molar-refractivity contribution >= 4 is 12.0 Å². The van der Waals surface area contributed by atoms with Gasteiger partial charge in [0, 0.05) is 19.1 Å². The van der Waals surface area contributed by atoms with Crippen LogP contribution in [0.25, 0.3) is 0 Å². The summed E-state index contributed by atoms with van der Waals surface area (Å²) in [4.78, 5) is 23.4. The van der Waals surface area contributed by atoms with Crippen molar-refractivity contribution in [3.05, 3.63) is 0 Å². The van der Waals surface area contributed by atoms with Crippen molar-refractivity contribution in [2.45, 2.75) is 65.3 Å². The maximum atomic E-state index is 12.3. The number of halogens is 3. The van der Waals surface area contributed by atoms with Crippen molar-refractivity contribution in [3.63, 3.8) is 0 Å². The topological polar surface area (TPSA) is 58.6 Å². The molecular weight excluding hydrogens is 301 g/mol. The maximum Gasteiger partial charge on any atom is 0.471 e. The first-order chi connectivity index (χ1) is 9.99. The van der Waals surface area contributed by atoms with Crippen molar-refractivity contribution in [2.24, 2.45) is 0 Å². The second kappa shape index (κ2) is 8.24. The first-order valence-corrected chi connectivity index (χ1v) is 7.34. The summed E-state index contributed by atoms with van der Waals surface area (Å²) in [6, 6.07) is -0.523. The molecule has 0 aromatic heterocycles. The number of nitrogens with one attached hydrogen (secondary N) is 1. The van der Waals surface area contributed by atoms with Gasteiger partial charge in [0.2, 0.25) is 0 Å². The molecule has 0 spiro atoms. The fraction of sp³-hybridized carbons (Fsp3) is 0.857. The molecule has 130 valence electrons. The highest BCUT2D eigenvalue weighted by atomic mass is 19.4. The van der Waals surface area contributed by atoms with Crippen LogP contribution in [0.4, 0.5) is 18.0 Å². The normalized spacial score (nSPS) is 18.9. The summed E-state index contributed by atoms with van der Waals surface area (Å²) in [7, 11) is 0. The molecule has 0 saturated carbocycles. The van der Waals surface area contributed by atoms with Crippen molar-refractivity contribution in [2.75, 3.05) is 13.1 Å². The lowest BCUT2D eigenvalue weighted by Crippen LogP contribution is -2.53. The van der Waals surface area contributed by atoms with Gasteiger partial charge in [0.1, 0.15) is 5.60 Å². The minimum atomic E-state index is -4.88. The fourth-order valence-electron chi connectivity index (χ4n) is 1.93. The molecule has 5 nitrogen and oxygen atoms in total. The second-order valence-electron chi connectivity index (χ2n) is 5.73. The van der Waals surface area contributed by atoms with E-state index in [0.29, 0.717) is 17.7 Å². The largest absolute Gasteiger partial charge is 0.471 e. The Bertz CT molecular complexity index is 379. The van der Waals surface area contributed by atoms with Crippen LogP contribution in [0.5, 0.6) is 0 Å². The Morgan fingerprint density at radius 1 is 1.18 bits per heavy atom. The molecule has 0 aliphatic carbocycles. The number of carbonyl (C=O) groups is 2. The van der Waals surface area contributed by atoms with Crippen LogP contribution in [0.2, 0.25) is 0 Å². The van der Waals surface area contributed by atoms with Crippen LogP contribution in [0.1, 0.15) is 47.5 Å². The van der Waals surface area contributed by atoms with Gasteiger partial charge in [-0.1, -0.05) is 13.8 Å². The Balaban J connectivity index is 0.00000211. The molecule has 0 unspecified atom stereocenters. The van der Waals surface area contributed by atoms with Gasteiger partial charge in [-0.2, -0.15) is 13.2 Å². The van der Waals surface area contributed by atoms with E-state index in [-0.39, 0.29) is 13.1 Å². The Labute approximate surface area is 129 Å². The lowest BCUT2D eigenvalue weighted by atomic mass is 10.1. The molecule has 1 rings (SSSR count). The van der Waals surface area contributed by atoms with Gasteiger partial charge in [0.15, 0.2) is 0 Å². The first-order valence-electron chi connectivity index (χ1n) is 7.34. The monoisotopic (exact) mass is 326 g/mol. The Kier molecular flexibility index (Phi) is 7.69. The maximum absolute atomic E-state index is 12.3. The van der Waals surface area contributed by atoms with E-state index in [1.54, 1.807) is 20.8 Å². The zero-order valence-electron chi connectivity index (χ0n) is 13.7. The third-order valence-corrected chi connectivity index (χ3v) is 2.67. The van der Waals surface area contributed by atoms with Gasteiger partial charge in [-0.25, -0.2) is 4.79 Å². The number of piperidine rings is 1. The van der Waals surface area contributed by atoms with E-state index in [1.165, 1.54) is 0 Å². The highest BCUT2D eigenvalue weighted by Crippen LogP contribution is 2.21. The number of rotatable bonds is 1. The van der Waals surface area contributed by atoms with Gasteiger partial charge < -0.3 is 15.0 Å². The summed E-state index contributed by atoms with van der Waals surface area (Å²) in [6.07, 6.45) is -4.65. The van der Waals surface area contributed by atoms with E-state index >= 15 is 0 Å². The molecule has 1 saturated heterocycles. The first kappa shape index (κ1) is 20.5. The molecule has 1 aliphatic heterocycles. The molecule has 1 fully saturated rings. The number of carbonyl (C=O) groups excluding carboxylic acids is 2. The molecule has 2 amide bonds. The minimum absolute atomic E-state index is 0.0465. The van der Waals surface area contributed by atoms with E-state index in [9.17, 15) is 22.8 Å². The second-order valence-corrected chi connectivity index (χ2v) is 5.73. The predicted octanol–water partition coefficient (Wildman–Crippen LogP) is 3.09. The predicted molar refractivity (Wildman–Crippen MR) is 76.4 cm³/mol. The molecule has 22 heavy (non-hydrogen) atoms. The number of amides is 2. The lowest BCUT2D eigenvalue weighted by molar-refractivity contribution is -0.186. The SMILES string of the molecule is CC.CC(C)(C)OC(=O)N[C@H]1CCCN(C(=O)C(F)(F)F)C1. The van der Waals surface area contributed by atoms with Gasteiger partial charge in [-0.15, -0.1) is 0 Å². The molecule has 1 N–H and O–H groups in total. The standard InChI is InChI=1S/C12H19F3N2O3.C2H6/c1-11(2,3)20-10(19)16-8-5-4-6-17(7-8)9(18)12(13,14)15;1-2/h8H,4-7H2,1-3H3,(H,16,19);1-2H3/t8-;/m0./s1. The van der Waals surface area contributed by atoms with Crippen molar-refractivity contribution in [1.29, 1.82) is 0 Å². The van der Waals surface area contributed by atoms with Crippen LogP contribution >= 0.6 is 0 Å². The minimum Gasteiger partial charge on any atom is -0.444 e. The van der Waals surface area contributed by atoms with Crippen molar-refractivity contribution < 1.29 is 27.5 Å². The molecule has 0 aromatic carbocycles. The zero-order chi connectivity index (χ0) is 17.6. The number of ether oxygens (including phenoxy) is 1. The molecule has 1 heterocycles. The number of alkyl carbamates (subject to hydrolysis) is 1. The summed E-state index contributed by atoms with van der Waals surface area (Å²) in [6.45, 7) is 8.95. The van der Waals surface area contributed by atoms with Gasteiger partial charge >= 0.3 is 18.2 Å². The van der Waals surface area contributed by atoms with Gasteiger partial charge in [0.05, 0.1) is 0 Å². The average molecular weight is 326 g/mol. The van der Waals surface area contributed by atoms with Crippen LogP contribution in [-0.4, -0.2) is 47.8 Å². The molecule has 0 radical (unpaired) electrons.